The summed E-state index contributed by atoms with van der Waals surface area (Å²) in [4.78, 5) is 39.3. The number of aromatic nitrogens is 6. The summed E-state index contributed by atoms with van der Waals surface area (Å²) in [6.45, 7) is 18.9. The van der Waals surface area contributed by atoms with Crippen molar-refractivity contribution in [1.82, 2.24) is 29.9 Å². The van der Waals surface area contributed by atoms with Crippen molar-refractivity contribution in [2.75, 3.05) is 25.1 Å². The molecule has 2 atom stereocenters. The number of hydrogen-bond acceptors (Lipinski definition) is 13. The van der Waals surface area contributed by atoms with Gasteiger partial charge in [-0.1, -0.05) is 32.1 Å². The Hall–Kier alpha value is -4.54. The maximum absolute atomic E-state index is 15.0. The average Bonchev–Trinajstić information content (AvgIpc) is 3.44. The van der Waals surface area contributed by atoms with Gasteiger partial charge in [0.25, 0.3) is 5.88 Å². The Kier molecular flexibility index (Phi) is 11.1. The quantitative estimate of drug-likeness (QED) is 0.118. The largest absolute Gasteiger partial charge is 0.477 e. The Balaban J connectivity index is 1.15. The summed E-state index contributed by atoms with van der Waals surface area (Å²) >= 11 is 1.28. The van der Waals surface area contributed by atoms with Crippen LogP contribution in [-0.4, -0.2) is 76.3 Å². The van der Waals surface area contributed by atoms with Gasteiger partial charge in [0, 0.05) is 11.6 Å². The highest BCUT2D eigenvalue weighted by molar-refractivity contribution is 7.21. The fourth-order valence-electron chi connectivity index (χ4n) is 4.59. The number of anilines is 1. The van der Waals surface area contributed by atoms with Crippen LogP contribution in [0.3, 0.4) is 0 Å². The average molecular weight is 724 g/mol. The molecule has 16 heteroatoms. The lowest BCUT2D eigenvalue weighted by molar-refractivity contribution is 0.0827. The number of nitrogens with zero attached hydrogens (tertiary/aromatic N) is 6. The second kappa shape index (κ2) is 15.1. The van der Waals surface area contributed by atoms with Crippen molar-refractivity contribution < 1.29 is 32.6 Å². The molecule has 1 N–H and O–H groups in total. The minimum atomic E-state index is -1.93. The second-order valence-electron chi connectivity index (χ2n) is 13.3. The van der Waals surface area contributed by atoms with Crippen LogP contribution in [0.1, 0.15) is 47.1 Å². The van der Waals surface area contributed by atoms with Gasteiger partial charge < -0.3 is 23.4 Å². The van der Waals surface area contributed by atoms with Gasteiger partial charge in [0.15, 0.2) is 14.1 Å². The van der Waals surface area contributed by atoms with Crippen molar-refractivity contribution in [3.8, 4) is 28.3 Å². The van der Waals surface area contributed by atoms with Crippen LogP contribution in [0.15, 0.2) is 36.8 Å². The maximum Gasteiger partial charge on any atom is 0.412 e. The van der Waals surface area contributed by atoms with Gasteiger partial charge in [0.05, 0.1) is 48.0 Å². The molecule has 0 bridgehead atoms. The van der Waals surface area contributed by atoms with Crippen molar-refractivity contribution in [2.24, 2.45) is 0 Å². The lowest BCUT2D eigenvalue weighted by Crippen LogP contribution is -2.44. The minimum absolute atomic E-state index is 0.0856. The molecule has 1 amide bonds. The molecule has 0 fully saturated rings. The van der Waals surface area contributed by atoms with E-state index in [9.17, 15) is 4.79 Å². The fraction of sp³-hybridized carbons (Fsp3) is 0.441. The van der Waals surface area contributed by atoms with Crippen molar-refractivity contribution in [3.05, 3.63) is 48.2 Å². The summed E-state index contributed by atoms with van der Waals surface area (Å²) in [7, 11) is -1.93. The number of carbonyl (C=O) groups is 1. The monoisotopic (exact) mass is 723 g/mol. The molecule has 50 heavy (non-hydrogen) atoms. The van der Waals surface area contributed by atoms with Crippen LogP contribution in [0, 0.1) is 12.7 Å². The summed E-state index contributed by atoms with van der Waals surface area (Å²) in [6, 6.07) is 5.30. The first kappa shape index (κ1) is 36.7. The number of amides is 1. The third-order valence-electron chi connectivity index (χ3n) is 7.98. The number of aryl methyl sites for hydroxylation is 1. The number of pyridine rings is 1. The molecule has 13 nitrogen and oxygen atoms in total. The number of carbonyl (C=O) groups excluding carboxylic acids is 1. The molecule has 0 unspecified atom stereocenters. The van der Waals surface area contributed by atoms with Crippen molar-refractivity contribution in [1.29, 1.82) is 0 Å². The Morgan fingerprint density at radius 1 is 0.940 bits per heavy atom. The molecule has 266 valence electrons. The number of nitrogens with one attached hydrogen (secondary N) is 1. The van der Waals surface area contributed by atoms with E-state index in [4.69, 9.17) is 23.4 Å². The number of rotatable bonds is 13. The molecule has 4 aromatic heterocycles. The molecule has 0 saturated heterocycles. The van der Waals surface area contributed by atoms with Gasteiger partial charge in [-0.15, -0.1) is 0 Å². The molecular formula is C34H42FN7O6SSi. The third kappa shape index (κ3) is 8.97. The molecule has 4 heterocycles. The summed E-state index contributed by atoms with van der Waals surface area (Å²) in [5.41, 5.74) is 3.71. The van der Waals surface area contributed by atoms with Crippen LogP contribution < -0.4 is 19.5 Å². The van der Waals surface area contributed by atoms with Crippen molar-refractivity contribution in [2.45, 2.75) is 78.8 Å². The summed E-state index contributed by atoms with van der Waals surface area (Å²) in [5, 5.41) is 3.26. The standard InChI is InChI=1S/C34H42FN7O6SSi/c1-10-44-27-16-36-28-23(11-19(2)12-25(28)40-27)30-41-26-13-24(35)29(42-31(26)49-30)45-17-20(3)47-33(43)39-22-14-37-32(38-15-22)46-18-21(4)48-50(8,9)34(5,6)7/h11-16,20-21H,10,17-18H2,1-9H3,(H,39,43)/t20-,21-/m1/s1. The van der Waals surface area contributed by atoms with Gasteiger partial charge in [-0.2, -0.15) is 4.98 Å². The van der Waals surface area contributed by atoms with Crippen LogP contribution in [-0.2, 0) is 9.16 Å². The zero-order valence-electron chi connectivity index (χ0n) is 29.7. The molecule has 0 aliphatic rings. The van der Waals surface area contributed by atoms with E-state index in [1.54, 1.807) is 13.1 Å². The molecule has 0 aliphatic heterocycles. The van der Waals surface area contributed by atoms with E-state index in [0.29, 0.717) is 51.2 Å². The number of benzene rings is 1. The van der Waals surface area contributed by atoms with Crippen LogP contribution >= 0.6 is 11.3 Å². The van der Waals surface area contributed by atoms with E-state index in [1.807, 2.05) is 32.9 Å². The highest BCUT2D eigenvalue weighted by Crippen LogP contribution is 2.38. The minimum Gasteiger partial charge on any atom is -0.477 e. The van der Waals surface area contributed by atoms with E-state index in [0.717, 1.165) is 11.1 Å². The van der Waals surface area contributed by atoms with Gasteiger partial charge in [0.1, 0.15) is 34.7 Å². The van der Waals surface area contributed by atoms with Gasteiger partial charge >= 0.3 is 12.1 Å². The van der Waals surface area contributed by atoms with Crippen molar-refractivity contribution in [3.63, 3.8) is 0 Å². The molecular weight excluding hydrogens is 682 g/mol. The van der Waals surface area contributed by atoms with Gasteiger partial charge in [0.2, 0.25) is 5.88 Å². The zero-order chi connectivity index (χ0) is 36.2. The summed E-state index contributed by atoms with van der Waals surface area (Å²) in [6.07, 6.45) is 2.75. The molecule has 0 radical (unpaired) electrons. The van der Waals surface area contributed by atoms with Crippen molar-refractivity contribution >= 4 is 52.8 Å². The highest BCUT2D eigenvalue weighted by atomic mass is 32.1. The van der Waals surface area contributed by atoms with E-state index in [2.05, 4.69) is 69.1 Å². The predicted molar refractivity (Wildman–Crippen MR) is 192 cm³/mol. The Morgan fingerprint density at radius 2 is 1.66 bits per heavy atom. The fourth-order valence-corrected chi connectivity index (χ4v) is 6.95. The van der Waals surface area contributed by atoms with E-state index < -0.39 is 26.3 Å². The number of fused-ring (bicyclic) bond motifs is 2. The third-order valence-corrected chi connectivity index (χ3v) is 13.6. The normalized spacial score (nSPS) is 13.2. The lowest BCUT2D eigenvalue weighted by atomic mass is 10.1. The Bertz CT molecular complexity index is 1970. The highest BCUT2D eigenvalue weighted by Gasteiger charge is 2.38. The number of hydrogen-bond donors (Lipinski definition) is 1. The molecule has 5 rings (SSSR count). The van der Waals surface area contributed by atoms with Crippen LogP contribution in [0.5, 0.6) is 17.8 Å². The van der Waals surface area contributed by atoms with E-state index in [1.165, 1.54) is 29.8 Å². The Labute approximate surface area is 295 Å². The molecule has 5 aromatic rings. The van der Waals surface area contributed by atoms with Crippen LogP contribution in [0.2, 0.25) is 18.1 Å². The second-order valence-corrected chi connectivity index (χ2v) is 19.1. The topological polar surface area (TPSA) is 153 Å². The smallest absolute Gasteiger partial charge is 0.412 e. The number of ether oxygens (including phenoxy) is 4. The van der Waals surface area contributed by atoms with Gasteiger partial charge in [-0.3, -0.25) is 5.32 Å². The zero-order valence-corrected chi connectivity index (χ0v) is 31.5. The molecule has 0 spiro atoms. The summed E-state index contributed by atoms with van der Waals surface area (Å²) in [5.74, 6) is -0.488. The molecule has 1 aromatic carbocycles. The van der Waals surface area contributed by atoms with E-state index in [-0.39, 0.29) is 29.6 Å². The van der Waals surface area contributed by atoms with Gasteiger partial charge in [-0.25, -0.2) is 34.1 Å². The first-order chi connectivity index (χ1) is 23.6. The molecule has 0 aliphatic carbocycles. The van der Waals surface area contributed by atoms with E-state index >= 15 is 4.39 Å². The number of thiazole rings is 1. The van der Waals surface area contributed by atoms with Crippen LogP contribution in [0.25, 0.3) is 32.0 Å². The number of halogens is 1. The maximum atomic E-state index is 15.0. The predicted octanol–water partition coefficient (Wildman–Crippen LogP) is 7.74. The SMILES string of the molecule is CCOc1cnc2c(-c3nc4cc(F)c(OC[C@@H](C)OC(=O)Nc5cnc(OC[C@@H](C)O[Si](C)(C)C(C)(C)C)nc5)nc4s3)cc(C)cc2n1. The first-order valence-corrected chi connectivity index (χ1v) is 19.9. The van der Waals surface area contributed by atoms with Gasteiger partial charge in [-0.05, 0) is 63.5 Å². The molecule has 0 saturated carbocycles. The first-order valence-electron chi connectivity index (χ1n) is 16.2. The summed E-state index contributed by atoms with van der Waals surface area (Å²) < 4.78 is 43.5. The van der Waals surface area contributed by atoms with Crippen LogP contribution in [0.4, 0.5) is 14.9 Å². The lowest BCUT2D eigenvalue weighted by Gasteiger charge is -2.38. The Morgan fingerprint density at radius 3 is 2.36 bits per heavy atom.